The third kappa shape index (κ3) is 3.08. The maximum absolute atomic E-state index is 12.9. The number of alkyl halides is 3. The highest BCUT2D eigenvalue weighted by molar-refractivity contribution is 6.31. The number of nitro benzene ring substituents is 1. The molecule has 1 fully saturated rings. The summed E-state index contributed by atoms with van der Waals surface area (Å²) in [5.74, 6) is -5.36. The van der Waals surface area contributed by atoms with Gasteiger partial charge in [-0.1, -0.05) is 11.6 Å². The van der Waals surface area contributed by atoms with Gasteiger partial charge < -0.3 is 10.0 Å². The summed E-state index contributed by atoms with van der Waals surface area (Å²) in [7, 11) is 0. The molecule has 1 heterocycles. The van der Waals surface area contributed by atoms with Gasteiger partial charge in [0, 0.05) is 24.2 Å². The van der Waals surface area contributed by atoms with Crippen molar-refractivity contribution >= 4 is 28.9 Å². The smallest absolute Gasteiger partial charge is 0.394 e. The number of carbonyl (C=O) groups is 1. The average molecular weight is 339 g/mol. The van der Waals surface area contributed by atoms with Crippen LogP contribution in [0.25, 0.3) is 0 Å². The molecule has 0 radical (unpaired) electrons. The van der Waals surface area contributed by atoms with Crippen molar-refractivity contribution < 1.29 is 28.0 Å². The Morgan fingerprint density at radius 1 is 1.41 bits per heavy atom. The Morgan fingerprint density at radius 3 is 2.50 bits per heavy atom. The van der Waals surface area contributed by atoms with Crippen LogP contribution >= 0.6 is 11.6 Å². The van der Waals surface area contributed by atoms with Crippen LogP contribution in [0.4, 0.5) is 24.5 Å². The molecule has 1 saturated heterocycles. The Morgan fingerprint density at radius 2 is 2.05 bits per heavy atom. The third-order valence-corrected chi connectivity index (χ3v) is 3.77. The Hall–Kier alpha value is -2.03. The van der Waals surface area contributed by atoms with E-state index in [0.29, 0.717) is 0 Å². The number of nitro groups is 1. The summed E-state index contributed by atoms with van der Waals surface area (Å²) in [6.07, 6.45) is -4.70. The van der Waals surface area contributed by atoms with Crippen LogP contribution in [0.5, 0.6) is 0 Å². The number of aliphatic carboxylic acids is 1. The fourth-order valence-corrected chi connectivity index (χ4v) is 2.65. The van der Waals surface area contributed by atoms with E-state index < -0.39 is 47.7 Å². The highest BCUT2D eigenvalue weighted by Gasteiger charge is 2.53. The lowest BCUT2D eigenvalue weighted by molar-refractivity contribution is -0.384. The van der Waals surface area contributed by atoms with Gasteiger partial charge in [-0.15, -0.1) is 0 Å². The molecule has 2 atom stereocenters. The first-order valence-corrected chi connectivity index (χ1v) is 6.47. The lowest BCUT2D eigenvalue weighted by Gasteiger charge is -2.19. The number of halogens is 4. The van der Waals surface area contributed by atoms with Gasteiger partial charge in [0.2, 0.25) is 0 Å². The molecule has 2 rings (SSSR count). The molecular formula is C12H10ClF3N2O4. The van der Waals surface area contributed by atoms with Crippen LogP contribution in [0.15, 0.2) is 18.2 Å². The van der Waals surface area contributed by atoms with Crippen LogP contribution in [0.1, 0.15) is 0 Å². The molecule has 10 heteroatoms. The molecule has 1 aliphatic rings. The molecule has 0 unspecified atom stereocenters. The lowest BCUT2D eigenvalue weighted by atomic mass is 9.96. The number of hydrogen-bond donors (Lipinski definition) is 1. The van der Waals surface area contributed by atoms with Gasteiger partial charge in [-0.25, -0.2) is 0 Å². The molecular weight excluding hydrogens is 329 g/mol. The van der Waals surface area contributed by atoms with Gasteiger partial charge >= 0.3 is 12.1 Å². The number of carboxylic acids is 1. The molecule has 0 bridgehead atoms. The van der Waals surface area contributed by atoms with Gasteiger partial charge in [0.05, 0.1) is 16.8 Å². The van der Waals surface area contributed by atoms with Gasteiger partial charge in [-0.2, -0.15) is 13.2 Å². The molecule has 0 spiro atoms. The topological polar surface area (TPSA) is 83.7 Å². The number of benzene rings is 1. The van der Waals surface area contributed by atoms with E-state index in [9.17, 15) is 28.1 Å². The fraction of sp³-hybridized carbons (Fsp3) is 0.417. The molecule has 0 aliphatic carbocycles. The van der Waals surface area contributed by atoms with Gasteiger partial charge in [0.15, 0.2) is 0 Å². The van der Waals surface area contributed by atoms with Gasteiger partial charge in [-0.3, -0.25) is 14.9 Å². The van der Waals surface area contributed by atoms with Gasteiger partial charge in [0.1, 0.15) is 5.69 Å². The minimum Gasteiger partial charge on any atom is -0.481 e. The van der Waals surface area contributed by atoms with E-state index in [2.05, 4.69) is 0 Å². The monoisotopic (exact) mass is 338 g/mol. The van der Waals surface area contributed by atoms with E-state index in [1.807, 2.05) is 0 Å². The minimum atomic E-state index is -4.70. The Bertz CT molecular complexity index is 623. The summed E-state index contributed by atoms with van der Waals surface area (Å²) >= 11 is 5.74. The highest BCUT2D eigenvalue weighted by Crippen LogP contribution is 2.42. The van der Waals surface area contributed by atoms with Crippen LogP contribution in [0.3, 0.4) is 0 Å². The first-order chi connectivity index (χ1) is 10.1. The first-order valence-electron chi connectivity index (χ1n) is 6.09. The van der Waals surface area contributed by atoms with Crippen LogP contribution < -0.4 is 4.90 Å². The Balaban J connectivity index is 2.41. The molecule has 6 nitrogen and oxygen atoms in total. The summed E-state index contributed by atoms with van der Waals surface area (Å²) in [5, 5.41) is 20.1. The summed E-state index contributed by atoms with van der Waals surface area (Å²) in [6.45, 7) is -1.14. The fourth-order valence-electron chi connectivity index (χ4n) is 2.49. The predicted octanol–water partition coefficient (Wildman–Crippen LogP) is 2.95. The quantitative estimate of drug-likeness (QED) is 0.676. The average Bonchev–Trinajstić information content (AvgIpc) is 2.83. The van der Waals surface area contributed by atoms with Crippen molar-refractivity contribution in [2.45, 2.75) is 6.18 Å². The maximum atomic E-state index is 12.9. The zero-order chi connectivity index (χ0) is 16.7. The van der Waals surface area contributed by atoms with Crippen molar-refractivity contribution in [3.8, 4) is 0 Å². The second-order valence-electron chi connectivity index (χ2n) is 4.89. The van der Waals surface area contributed by atoms with E-state index >= 15 is 0 Å². The van der Waals surface area contributed by atoms with E-state index in [1.54, 1.807) is 0 Å². The Kier molecular flexibility index (Phi) is 4.19. The lowest BCUT2D eigenvalue weighted by Crippen LogP contribution is -2.33. The maximum Gasteiger partial charge on any atom is 0.394 e. The summed E-state index contributed by atoms with van der Waals surface area (Å²) in [6, 6.07) is 3.49. The van der Waals surface area contributed by atoms with Crippen molar-refractivity contribution in [1.29, 1.82) is 0 Å². The zero-order valence-electron chi connectivity index (χ0n) is 10.9. The van der Waals surface area contributed by atoms with Crippen molar-refractivity contribution in [1.82, 2.24) is 0 Å². The van der Waals surface area contributed by atoms with Crippen LogP contribution in [0, 0.1) is 22.0 Å². The van der Waals surface area contributed by atoms with E-state index in [0.717, 1.165) is 17.0 Å². The summed E-state index contributed by atoms with van der Waals surface area (Å²) in [5.41, 5.74) is -0.535. The van der Waals surface area contributed by atoms with Crippen LogP contribution in [-0.4, -0.2) is 35.3 Å². The standard InChI is InChI=1S/C12H10ClF3N2O4/c13-6-1-2-9(18(21)22)10(3-6)17-4-7(11(19)20)8(5-17)12(14,15)16/h1-3,7-8H,4-5H2,(H,19,20)/t7-,8-/m1/s1. The van der Waals surface area contributed by atoms with Crippen LogP contribution in [-0.2, 0) is 4.79 Å². The number of rotatable bonds is 3. The molecule has 1 aromatic rings. The summed E-state index contributed by atoms with van der Waals surface area (Å²) < 4.78 is 38.8. The predicted molar refractivity (Wildman–Crippen MR) is 71.0 cm³/mol. The van der Waals surface area contributed by atoms with Crippen LogP contribution in [0.2, 0.25) is 5.02 Å². The normalized spacial score (nSPS) is 21.9. The first kappa shape index (κ1) is 16.3. The van der Waals surface area contributed by atoms with Crippen molar-refractivity contribution in [3.63, 3.8) is 0 Å². The number of carboxylic acid groups (broad SMARTS) is 1. The second-order valence-corrected chi connectivity index (χ2v) is 5.32. The molecule has 0 saturated carbocycles. The van der Waals surface area contributed by atoms with E-state index in [1.165, 1.54) is 6.07 Å². The van der Waals surface area contributed by atoms with E-state index in [-0.39, 0.29) is 10.7 Å². The largest absolute Gasteiger partial charge is 0.481 e. The molecule has 120 valence electrons. The molecule has 0 aromatic heterocycles. The number of hydrogen-bond acceptors (Lipinski definition) is 4. The molecule has 1 aliphatic heterocycles. The molecule has 1 aromatic carbocycles. The molecule has 22 heavy (non-hydrogen) atoms. The van der Waals surface area contributed by atoms with Gasteiger partial charge in [-0.05, 0) is 12.1 Å². The SMILES string of the molecule is O=C(O)[C@@H]1CN(c2cc(Cl)ccc2[N+](=O)[O-])C[C@H]1C(F)(F)F. The van der Waals surface area contributed by atoms with Crippen molar-refractivity contribution in [2.75, 3.05) is 18.0 Å². The Labute approximate surface area is 127 Å². The number of anilines is 1. The second kappa shape index (κ2) is 5.64. The number of nitrogens with zero attached hydrogens (tertiary/aromatic N) is 2. The minimum absolute atomic E-state index is 0.114. The zero-order valence-corrected chi connectivity index (χ0v) is 11.6. The van der Waals surface area contributed by atoms with Crippen molar-refractivity contribution in [3.05, 3.63) is 33.3 Å². The highest BCUT2D eigenvalue weighted by atomic mass is 35.5. The molecule has 1 N–H and O–H groups in total. The third-order valence-electron chi connectivity index (χ3n) is 3.53. The van der Waals surface area contributed by atoms with E-state index in [4.69, 9.17) is 16.7 Å². The van der Waals surface area contributed by atoms with Gasteiger partial charge in [0.25, 0.3) is 5.69 Å². The van der Waals surface area contributed by atoms with Crippen molar-refractivity contribution in [2.24, 2.45) is 11.8 Å². The summed E-state index contributed by atoms with van der Waals surface area (Å²) in [4.78, 5) is 22.3. The molecule has 0 amide bonds.